The van der Waals surface area contributed by atoms with Gasteiger partial charge in [0.15, 0.2) is 5.82 Å². The van der Waals surface area contributed by atoms with Crippen LogP contribution in [-0.4, -0.2) is 28.0 Å². The van der Waals surface area contributed by atoms with Crippen molar-refractivity contribution in [3.05, 3.63) is 51.7 Å². The molecular formula is C13H12N4O4. The summed E-state index contributed by atoms with van der Waals surface area (Å²) in [6, 6.07) is 6.14. The van der Waals surface area contributed by atoms with E-state index in [9.17, 15) is 14.9 Å². The molecule has 8 heteroatoms. The van der Waals surface area contributed by atoms with E-state index in [2.05, 4.69) is 15.5 Å². The van der Waals surface area contributed by atoms with Crippen LogP contribution >= 0.6 is 0 Å². The maximum absolute atomic E-state index is 11.2. The molecule has 21 heavy (non-hydrogen) atoms. The third-order valence-electron chi connectivity index (χ3n) is 2.58. The first-order valence-electron chi connectivity index (χ1n) is 6.04. The molecule has 0 aliphatic heterocycles. The lowest BCUT2D eigenvalue weighted by Gasteiger charge is -1.93. The van der Waals surface area contributed by atoms with Crippen LogP contribution in [0, 0.1) is 10.1 Å². The van der Waals surface area contributed by atoms with Crippen molar-refractivity contribution < 1.29 is 14.2 Å². The minimum atomic E-state index is -0.467. The number of benzene rings is 1. The fraction of sp³-hybridized carbons (Fsp3) is 0.154. The quantitative estimate of drug-likeness (QED) is 0.658. The van der Waals surface area contributed by atoms with Crippen molar-refractivity contribution >= 4 is 23.7 Å². The number of nitrogens with zero attached hydrogens (tertiary/aromatic N) is 3. The van der Waals surface area contributed by atoms with E-state index < -0.39 is 4.92 Å². The van der Waals surface area contributed by atoms with Crippen molar-refractivity contribution in [1.29, 1.82) is 0 Å². The molecule has 0 unspecified atom stereocenters. The van der Waals surface area contributed by atoms with Gasteiger partial charge in [-0.15, -0.1) is 0 Å². The first kappa shape index (κ1) is 14.4. The molecule has 108 valence electrons. The number of hydrogen-bond donors (Lipinski definition) is 1. The van der Waals surface area contributed by atoms with Crippen molar-refractivity contribution in [3.63, 3.8) is 0 Å². The molecule has 0 saturated heterocycles. The van der Waals surface area contributed by atoms with E-state index in [-0.39, 0.29) is 29.7 Å². The van der Waals surface area contributed by atoms with Gasteiger partial charge in [0.2, 0.25) is 5.91 Å². The lowest BCUT2D eigenvalue weighted by Crippen LogP contribution is -2.20. The highest BCUT2D eigenvalue weighted by molar-refractivity contribution is 5.77. The van der Waals surface area contributed by atoms with Crippen LogP contribution < -0.4 is 5.32 Å². The van der Waals surface area contributed by atoms with Crippen LogP contribution in [0.4, 0.5) is 5.69 Å². The van der Waals surface area contributed by atoms with E-state index in [1.807, 2.05) is 0 Å². The standard InChI is InChI=1S/C13H12N4O4/c1-14-12(18)8-11-15-13(21-16-11)6-5-9-3-2-4-10(7-9)17(19)20/h2-7H,8H2,1H3,(H,14,18)/b6-5+. The molecule has 0 spiro atoms. The van der Waals surface area contributed by atoms with Crippen molar-refractivity contribution in [1.82, 2.24) is 15.5 Å². The molecule has 0 aliphatic rings. The number of carbonyl (C=O) groups is 1. The smallest absolute Gasteiger partial charge is 0.270 e. The number of aromatic nitrogens is 2. The molecule has 1 amide bonds. The lowest BCUT2D eigenvalue weighted by atomic mass is 10.2. The Hall–Kier alpha value is -3.03. The van der Waals surface area contributed by atoms with Gasteiger partial charge in [-0.05, 0) is 11.6 Å². The van der Waals surface area contributed by atoms with E-state index in [0.717, 1.165) is 0 Å². The van der Waals surface area contributed by atoms with Gasteiger partial charge >= 0.3 is 0 Å². The molecule has 1 N–H and O–H groups in total. The Bertz CT molecular complexity index is 693. The highest BCUT2D eigenvalue weighted by Gasteiger charge is 2.08. The Morgan fingerprint density at radius 1 is 1.48 bits per heavy atom. The van der Waals surface area contributed by atoms with Gasteiger partial charge in [0, 0.05) is 25.3 Å². The molecule has 0 saturated carbocycles. The van der Waals surface area contributed by atoms with Crippen LogP contribution in [0.2, 0.25) is 0 Å². The summed E-state index contributed by atoms with van der Waals surface area (Å²) >= 11 is 0. The highest BCUT2D eigenvalue weighted by Crippen LogP contribution is 2.15. The Labute approximate surface area is 119 Å². The van der Waals surface area contributed by atoms with Gasteiger partial charge in [0.05, 0.1) is 11.3 Å². The molecule has 0 radical (unpaired) electrons. The largest absolute Gasteiger partial charge is 0.359 e. The van der Waals surface area contributed by atoms with Crippen LogP contribution in [0.5, 0.6) is 0 Å². The number of carbonyl (C=O) groups excluding carboxylic acids is 1. The van der Waals surface area contributed by atoms with Crippen molar-refractivity contribution in [3.8, 4) is 0 Å². The Kier molecular flexibility index (Phi) is 4.39. The first-order valence-corrected chi connectivity index (χ1v) is 6.04. The zero-order valence-corrected chi connectivity index (χ0v) is 11.1. The Balaban J connectivity index is 2.09. The summed E-state index contributed by atoms with van der Waals surface area (Å²) in [4.78, 5) is 25.4. The van der Waals surface area contributed by atoms with E-state index in [1.54, 1.807) is 18.2 Å². The highest BCUT2D eigenvalue weighted by atomic mass is 16.6. The maximum Gasteiger partial charge on any atom is 0.270 e. The average molecular weight is 288 g/mol. The summed E-state index contributed by atoms with van der Waals surface area (Å²) < 4.78 is 4.95. The monoisotopic (exact) mass is 288 g/mol. The fourth-order valence-corrected chi connectivity index (χ4v) is 1.55. The molecule has 2 aromatic rings. The first-order chi connectivity index (χ1) is 10.1. The molecule has 0 atom stereocenters. The number of nitro benzene ring substituents is 1. The summed E-state index contributed by atoms with van der Waals surface area (Å²) in [5, 5.41) is 16.8. The number of non-ortho nitro benzene ring substituents is 1. The zero-order valence-electron chi connectivity index (χ0n) is 11.1. The summed E-state index contributed by atoms with van der Waals surface area (Å²) in [5.41, 5.74) is 0.637. The predicted molar refractivity (Wildman–Crippen MR) is 74.1 cm³/mol. The molecule has 1 heterocycles. The van der Waals surface area contributed by atoms with Crippen LogP contribution in [-0.2, 0) is 11.2 Å². The van der Waals surface area contributed by atoms with Gasteiger partial charge in [-0.25, -0.2) is 0 Å². The molecule has 8 nitrogen and oxygen atoms in total. The normalized spacial score (nSPS) is 10.7. The Morgan fingerprint density at radius 2 is 2.29 bits per heavy atom. The van der Waals surface area contributed by atoms with Gasteiger partial charge in [-0.2, -0.15) is 4.98 Å². The third kappa shape index (κ3) is 3.96. The van der Waals surface area contributed by atoms with Gasteiger partial charge in [-0.1, -0.05) is 17.3 Å². The number of nitrogens with one attached hydrogen (secondary N) is 1. The zero-order chi connectivity index (χ0) is 15.2. The Morgan fingerprint density at radius 3 is 3.00 bits per heavy atom. The number of rotatable bonds is 5. The molecule has 0 aliphatic carbocycles. The van der Waals surface area contributed by atoms with Crippen molar-refractivity contribution in [2.24, 2.45) is 0 Å². The molecule has 0 bridgehead atoms. The second-order valence-electron chi connectivity index (χ2n) is 4.08. The van der Waals surface area contributed by atoms with E-state index in [4.69, 9.17) is 4.52 Å². The van der Waals surface area contributed by atoms with Crippen molar-refractivity contribution in [2.75, 3.05) is 7.05 Å². The van der Waals surface area contributed by atoms with Gasteiger partial charge in [0.25, 0.3) is 11.6 Å². The minimum Gasteiger partial charge on any atom is -0.359 e. The van der Waals surface area contributed by atoms with Crippen LogP contribution in [0.1, 0.15) is 17.3 Å². The number of nitro groups is 1. The molecular weight excluding hydrogens is 276 g/mol. The second-order valence-corrected chi connectivity index (χ2v) is 4.08. The summed E-state index contributed by atoms with van der Waals surface area (Å²) in [6.45, 7) is 0. The molecule has 1 aromatic heterocycles. The third-order valence-corrected chi connectivity index (χ3v) is 2.58. The second kappa shape index (κ2) is 6.42. The SMILES string of the molecule is CNC(=O)Cc1noc(/C=C/c2cccc([N+](=O)[O-])c2)n1. The molecule has 1 aromatic carbocycles. The predicted octanol–water partition coefficient (Wildman–Crippen LogP) is 1.44. The lowest BCUT2D eigenvalue weighted by molar-refractivity contribution is -0.384. The van der Waals surface area contributed by atoms with Gasteiger partial charge in [-0.3, -0.25) is 14.9 Å². The summed E-state index contributed by atoms with van der Waals surface area (Å²) in [5.74, 6) is 0.276. The van der Waals surface area contributed by atoms with E-state index >= 15 is 0 Å². The fourth-order valence-electron chi connectivity index (χ4n) is 1.55. The minimum absolute atomic E-state index is 0.00276. The van der Waals surface area contributed by atoms with Crippen molar-refractivity contribution in [2.45, 2.75) is 6.42 Å². The number of hydrogen-bond acceptors (Lipinski definition) is 6. The van der Waals surface area contributed by atoms with E-state index in [0.29, 0.717) is 5.56 Å². The average Bonchev–Trinajstić information content (AvgIpc) is 2.92. The van der Waals surface area contributed by atoms with E-state index in [1.165, 1.54) is 25.3 Å². The summed E-state index contributed by atoms with van der Waals surface area (Å²) in [7, 11) is 1.52. The van der Waals surface area contributed by atoms with Gasteiger partial charge < -0.3 is 9.84 Å². The molecule has 2 rings (SSSR count). The number of likely N-dealkylation sites (N-methyl/N-ethyl adjacent to an activating group) is 1. The number of amides is 1. The van der Waals surface area contributed by atoms with Crippen LogP contribution in [0.15, 0.2) is 28.8 Å². The maximum atomic E-state index is 11.2. The van der Waals surface area contributed by atoms with Crippen LogP contribution in [0.25, 0.3) is 12.2 Å². The topological polar surface area (TPSA) is 111 Å². The molecule has 0 fully saturated rings. The van der Waals surface area contributed by atoms with Crippen LogP contribution in [0.3, 0.4) is 0 Å². The van der Waals surface area contributed by atoms with Gasteiger partial charge in [0.1, 0.15) is 0 Å². The summed E-state index contributed by atoms with van der Waals surface area (Å²) in [6.07, 6.45) is 3.17.